The zero-order chi connectivity index (χ0) is 13.5. The van der Waals surface area contributed by atoms with Crippen molar-refractivity contribution in [3.8, 4) is 0 Å². The summed E-state index contributed by atoms with van der Waals surface area (Å²) in [7, 11) is 1.39. The molecule has 0 spiro atoms. The molecule has 0 aliphatic heterocycles. The molecule has 0 aromatic rings. The van der Waals surface area contributed by atoms with E-state index in [0.717, 1.165) is 12.8 Å². The summed E-state index contributed by atoms with van der Waals surface area (Å²) >= 11 is 0. The quantitative estimate of drug-likeness (QED) is 0.763. The first-order chi connectivity index (χ1) is 8.31. The van der Waals surface area contributed by atoms with Gasteiger partial charge in [0.25, 0.3) is 0 Å². The molecule has 2 aliphatic carbocycles. The molecule has 0 heterocycles. The van der Waals surface area contributed by atoms with Crippen LogP contribution in [-0.2, 0) is 14.3 Å². The first-order valence-electron chi connectivity index (χ1n) is 6.39. The molecule has 4 atom stereocenters. The van der Waals surface area contributed by atoms with Crippen molar-refractivity contribution < 1.29 is 19.1 Å². The number of esters is 1. The van der Waals surface area contributed by atoms with E-state index >= 15 is 0 Å². The molecule has 2 aliphatic rings. The van der Waals surface area contributed by atoms with Gasteiger partial charge in [-0.15, -0.1) is 0 Å². The lowest BCUT2D eigenvalue weighted by molar-refractivity contribution is -0.146. The number of rotatable bonds is 2. The van der Waals surface area contributed by atoms with Gasteiger partial charge in [0.1, 0.15) is 5.60 Å². The number of nitrogens with one attached hydrogen (secondary N) is 1. The van der Waals surface area contributed by atoms with Crippen LogP contribution in [0.5, 0.6) is 0 Å². The first-order valence-corrected chi connectivity index (χ1v) is 6.39. The molecule has 2 fully saturated rings. The van der Waals surface area contributed by atoms with Crippen LogP contribution in [0.15, 0.2) is 0 Å². The Morgan fingerprint density at radius 2 is 1.89 bits per heavy atom. The van der Waals surface area contributed by atoms with Gasteiger partial charge in [-0.3, -0.25) is 4.79 Å². The molecule has 0 radical (unpaired) electrons. The number of ether oxygens (including phenoxy) is 2. The summed E-state index contributed by atoms with van der Waals surface area (Å²) in [4.78, 5) is 23.4. The van der Waals surface area contributed by atoms with Crippen LogP contribution in [0.25, 0.3) is 0 Å². The monoisotopic (exact) mass is 255 g/mol. The maximum atomic E-state index is 11.7. The van der Waals surface area contributed by atoms with E-state index in [4.69, 9.17) is 9.47 Å². The highest BCUT2D eigenvalue weighted by atomic mass is 16.6. The standard InChI is InChI=1S/C13H21NO4/c1-13(2,3)18-12(16)14-10-8-5-7(8)6-9(10)11(15)17-4/h7-10H,5-6H2,1-4H3,(H,14,16)/t7-,8-,9+,10-/m0/s1. The van der Waals surface area contributed by atoms with E-state index in [2.05, 4.69) is 5.32 Å². The van der Waals surface area contributed by atoms with Gasteiger partial charge in [0.2, 0.25) is 0 Å². The SMILES string of the molecule is COC(=O)[C@@H]1C[C@@H]2C[C@@H]2[C@@H]1NC(=O)OC(C)(C)C. The number of amides is 1. The molecule has 102 valence electrons. The van der Waals surface area contributed by atoms with E-state index in [1.165, 1.54) is 7.11 Å². The van der Waals surface area contributed by atoms with Gasteiger partial charge in [-0.05, 0) is 45.4 Å². The van der Waals surface area contributed by atoms with Crippen LogP contribution >= 0.6 is 0 Å². The summed E-state index contributed by atoms with van der Waals surface area (Å²) < 4.78 is 10.0. The Balaban J connectivity index is 1.94. The summed E-state index contributed by atoms with van der Waals surface area (Å²) in [6, 6.07) is -0.128. The molecular weight excluding hydrogens is 234 g/mol. The van der Waals surface area contributed by atoms with E-state index in [-0.39, 0.29) is 17.9 Å². The predicted octanol–water partition coefficient (Wildman–Crippen LogP) is 1.71. The van der Waals surface area contributed by atoms with E-state index in [9.17, 15) is 9.59 Å². The highest BCUT2D eigenvalue weighted by molar-refractivity contribution is 5.76. The van der Waals surface area contributed by atoms with Gasteiger partial charge < -0.3 is 14.8 Å². The minimum absolute atomic E-state index is 0.128. The van der Waals surface area contributed by atoms with Crippen LogP contribution < -0.4 is 5.32 Å². The summed E-state index contributed by atoms with van der Waals surface area (Å²) in [5, 5.41) is 2.83. The fraction of sp³-hybridized carbons (Fsp3) is 0.846. The van der Waals surface area contributed by atoms with Gasteiger partial charge in [-0.25, -0.2) is 4.79 Å². The number of carbonyl (C=O) groups is 2. The Kier molecular flexibility index (Phi) is 3.25. The van der Waals surface area contributed by atoms with E-state index < -0.39 is 11.7 Å². The largest absolute Gasteiger partial charge is 0.469 e. The molecule has 18 heavy (non-hydrogen) atoms. The molecule has 0 aromatic carbocycles. The summed E-state index contributed by atoms with van der Waals surface area (Å²) in [5.74, 6) is 0.533. The number of fused-ring (bicyclic) bond motifs is 1. The second-order valence-electron chi connectivity index (χ2n) is 6.20. The van der Waals surface area contributed by atoms with Crippen molar-refractivity contribution in [3.05, 3.63) is 0 Å². The Labute approximate surface area is 107 Å². The fourth-order valence-electron chi connectivity index (χ4n) is 2.80. The van der Waals surface area contributed by atoms with E-state index in [0.29, 0.717) is 11.8 Å². The van der Waals surface area contributed by atoms with Gasteiger partial charge in [0.05, 0.1) is 13.0 Å². The fourth-order valence-corrected chi connectivity index (χ4v) is 2.80. The number of methoxy groups -OCH3 is 1. The molecule has 0 saturated heterocycles. The van der Waals surface area contributed by atoms with Crippen LogP contribution in [-0.4, -0.2) is 30.8 Å². The minimum atomic E-state index is -0.521. The highest BCUT2D eigenvalue weighted by Gasteiger charge is 2.56. The van der Waals surface area contributed by atoms with Crippen LogP contribution in [0.2, 0.25) is 0 Å². The smallest absolute Gasteiger partial charge is 0.407 e. The molecule has 1 N–H and O–H groups in total. The third-order valence-corrected chi connectivity index (χ3v) is 3.62. The lowest BCUT2D eigenvalue weighted by Crippen LogP contribution is -2.45. The normalized spacial score (nSPS) is 33.6. The van der Waals surface area contributed by atoms with Crippen LogP contribution in [0.1, 0.15) is 33.6 Å². The lowest BCUT2D eigenvalue weighted by Gasteiger charge is -2.25. The van der Waals surface area contributed by atoms with Crippen LogP contribution in [0.4, 0.5) is 4.79 Å². The third-order valence-electron chi connectivity index (χ3n) is 3.62. The Morgan fingerprint density at radius 1 is 1.22 bits per heavy atom. The first kappa shape index (κ1) is 13.2. The Bertz CT molecular complexity index is 360. The lowest BCUT2D eigenvalue weighted by atomic mass is 9.98. The summed E-state index contributed by atoms with van der Waals surface area (Å²) in [5.41, 5.74) is -0.521. The van der Waals surface area contributed by atoms with Gasteiger partial charge in [-0.1, -0.05) is 0 Å². The van der Waals surface area contributed by atoms with Crippen molar-refractivity contribution in [3.63, 3.8) is 0 Å². The second kappa shape index (κ2) is 4.44. The van der Waals surface area contributed by atoms with Crippen molar-refractivity contribution in [1.29, 1.82) is 0 Å². The third kappa shape index (κ3) is 2.76. The maximum absolute atomic E-state index is 11.7. The number of carbonyl (C=O) groups excluding carboxylic acids is 2. The minimum Gasteiger partial charge on any atom is -0.469 e. The van der Waals surface area contributed by atoms with Gasteiger partial charge in [0.15, 0.2) is 0 Å². The molecule has 0 unspecified atom stereocenters. The molecule has 1 amide bonds. The summed E-state index contributed by atoms with van der Waals surface area (Å²) in [6.07, 6.45) is 1.46. The Morgan fingerprint density at radius 3 is 2.44 bits per heavy atom. The zero-order valence-electron chi connectivity index (χ0n) is 11.4. The molecule has 5 nitrogen and oxygen atoms in total. The van der Waals surface area contributed by atoms with E-state index in [1.54, 1.807) is 0 Å². The maximum Gasteiger partial charge on any atom is 0.407 e. The van der Waals surface area contributed by atoms with E-state index in [1.807, 2.05) is 20.8 Å². The van der Waals surface area contributed by atoms with Gasteiger partial charge in [0, 0.05) is 6.04 Å². The summed E-state index contributed by atoms with van der Waals surface area (Å²) in [6.45, 7) is 5.46. The van der Waals surface area contributed by atoms with Crippen LogP contribution in [0.3, 0.4) is 0 Å². The zero-order valence-corrected chi connectivity index (χ0v) is 11.4. The molecule has 0 aromatic heterocycles. The molecule has 5 heteroatoms. The molecule has 2 saturated carbocycles. The van der Waals surface area contributed by atoms with Crippen LogP contribution in [0, 0.1) is 17.8 Å². The van der Waals surface area contributed by atoms with Crippen molar-refractivity contribution >= 4 is 12.1 Å². The second-order valence-corrected chi connectivity index (χ2v) is 6.20. The van der Waals surface area contributed by atoms with Gasteiger partial charge >= 0.3 is 12.1 Å². The molecule has 2 rings (SSSR count). The average molecular weight is 255 g/mol. The average Bonchev–Trinajstić information content (AvgIpc) is 2.92. The Hall–Kier alpha value is -1.26. The molecule has 0 bridgehead atoms. The van der Waals surface area contributed by atoms with Crippen molar-refractivity contribution in [2.75, 3.05) is 7.11 Å². The topological polar surface area (TPSA) is 64.6 Å². The van der Waals surface area contributed by atoms with Gasteiger partial charge in [-0.2, -0.15) is 0 Å². The number of alkyl carbamates (subject to hydrolysis) is 1. The predicted molar refractivity (Wildman–Crippen MR) is 64.9 cm³/mol. The van der Waals surface area contributed by atoms with Crippen molar-refractivity contribution in [1.82, 2.24) is 5.32 Å². The number of hydrogen-bond acceptors (Lipinski definition) is 4. The van der Waals surface area contributed by atoms with Crippen molar-refractivity contribution in [2.45, 2.75) is 45.3 Å². The highest BCUT2D eigenvalue weighted by Crippen LogP contribution is 2.54. The van der Waals surface area contributed by atoms with Crippen molar-refractivity contribution in [2.24, 2.45) is 17.8 Å². The molecular formula is C13H21NO4. The number of hydrogen-bond donors (Lipinski definition) is 1.